The van der Waals surface area contributed by atoms with E-state index in [0.717, 1.165) is 18.4 Å². The van der Waals surface area contributed by atoms with E-state index in [9.17, 15) is 13.2 Å². The summed E-state index contributed by atoms with van der Waals surface area (Å²) in [6.45, 7) is 0.412. The van der Waals surface area contributed by atoms with Gasteiger partial charge in [0, 0.05) is 12.2 Å². The van der Waals surface area contributed by atoms with E-state index in [1.54, 1.807) is 41.8 Å². The average Bonchev–Trinajstić information content (AvgIpc) is 3.33. The molecule has 4 rings (SSSR count). The number of amides is 1. The van der Waals surface area contributed by atoms with Gasteiger partial charge >= 0.3 is 0 Å². The first kappa shape index (κ1) is 18.3. The minimum absolute atomic E-state index is 0.169. The lowest BCUT2D eigenvalue weighted by Gasteiger charge is -2.30. The van der Waals surface area contributed by atoms with Crippen LogP contribution in [0.3, 0.4) is 0 Å². The molecule has 0 saturated heterocycles. The Bertz CT molecular complexity index is 1090. The summed E-state index contributed by atoms with van der Waals surface area (Å²) >= 11 is 4.36. The van der Waals surface area contributed by atoms with Crippen LogP contribution in [-0.4, -0.2) is 20.9 Å². The van der Waals surface area contributed by atoms with Gasteiger partial charge in [0.2, 0.25) is 0 Å². The molecule has 140 valence electrons. The molecule has 6 nitrogen and oxygen atoms in total. The van der Waals surface area contributed by atoms with Crippen LogP contribution in [0.25, 0.3) is 0 Å². The van der Waals surface area contributed by atoms with E-state index in [2.05, 4.69) is 21.2 Å². The van der Waals surface area contributed by atoms with Gasteiger partial charge in [0.1, 0.15) is 4.21 Å². The fourth-order valence-electron chi connectivity index (χ4n) is 3.02. The lowest BCUT2D eigenvalue weighted by Crippen LogP contribution is -2.35. The van der Waals surface area contributed by atoms with Gasteiger partial charge in [-0.25, -0.2) is 8.42 Å². The van der Waals surface area contributed by atoms with Crippen molar-refractivity contribution in [2.45, 2.75) is 17.1 Å². The molecule has 1 amide bonds. The van der Waals surface area contributed by atoms with Gasteiger partial charge in [-0.2, -0.15) is 0 Å². The average molecular weight is 467 g/mol. The molecule has 0 atom stereocenters. The number of furan rings is 1. The van der Waals surface area contributed by atoms with Crippen molar-refractivity contribution in [2.75, 3.05) is 16.2 Å². The Balaban J connectivity index is 1.66. The van der Waals surface area contributed by atoms with Crippen LogP contribution < -0.4 is 9.62 Å². The van der Waals surface area contributed by atoms with E-state index >= 15 is 0 Å². The summed E-state index contributed by atoms with van der Waals surface area (Å²) in [6.07, 6.45) is 1.55. The molecule has 1 aliphatic heterocycles. The van der Waals surface area contributed by atoms with Gasteiger partial charge in [0.15, 0.2) is 10.4 Å². The zero-order chi connectivity index (χ0) is 19.0. The molecular weight excluding hydrogens is 452 g/mol. The minimum Gasteiger partial charge on any atom is -0.444 e. The standard InChI is InChI=1S/C18H15BrN2O4S2/c19-16-8-7-15(25-16)18(22)20-13-6-5-12-3-1-9-21(14(12)11-13)27(23,24)17-4-2-10-26-17/h2,4-8,10-11H,1,3,9H2,(H,20,22). The lowest BCUT2D eigenvalue weighted by molar-refractivity contribution is 0.0995. The van der Waals surface area contributed by atoms with Crippen molar-refractivity contribution in [3.63, 3.8) is 0 Å². The maximum absolute atomic E-state index is 13.0. The molecule has 0 unspecified atom stereocenters. The molecule has 0 spiro atoms. The van der Waals surface area contributed by atoms with E-state index in [4.69, 9.17) is 4.42 Å². The first-order chi connectivity index (χ1) is 12.9. The number of halogens is 1. The zero-order valence-corrected chi connectivity index (χ0v) is 17.2. The van der Waals surface area contributed by atoms with Crippen molar-refractivity contribution in [1.82, 2.24) is 0 Å². The normalized spacial score (nSPS) is 14.0. The summed E-state index contributed by atoms with van der Waals surface area (Å²) < 4.78 is 33.5. The number of aryl methyl sites for hydroxylation is 1. The maximum Gasteiger partial charge on any atom is 0.291 e. The molecule has 1 aliphatic rings. The number of rotatable bonds is 4. The van der Waals surface area contributed by atoms with Crippen LogP contribution in [-0.2, 0) is 16.4 Å². The smallest absolute Gasteiger partial charge is 0.291 e. The molecule has 27 heavy (non-hydrogen) atoms. The Morgan fingerprint density at radius 1 is 1.22 bits per heavy atom. The number of fused-ring (bicyclic) bond motifs is 1. The number of nitrogens with one attached hydrogen (secondary N) is 1. The highest BCUT2D eigenvalue weighted by Gasteiger charge is 2.30. The third-order valence-electron chi connectivity index (χ3n) is 4.26. The van der Waals surface area contributed by atoms with Crippen LogP contribution in [0.5, 0.6) is 0 Å². The fraction of sp³-hybridized carbons (Fsp3) is 0.167. The van der Waals surface area contributed by atoms with Crippen LogP contribution in [0.15, 0.2) is 61.1 Å². The second-order valence-electron chi connectivity index (χ2n) is 6.01. The third kappa shape index (κ3) is 3.54. The molecule has 3 heterocycles. The van der Waals surface area contributed by atoms with E-state index in [0.29, 0.717) is 26.8 Å². The van der Waals surface area contributed by atoms with Gasteiger partial charge in [0.25, 0.3) is 15.9 Å². The predicted octanol–water partition coefficient (Wildman–Crippen LogP) is 4.50. The molecule has 3 aromatic rings. The van der Waals surface area contributed by atoms with E-state index < -0.39 is 15.9 Å². The number of carbonyl (C=O) groups is 1. The van der Waals surface area contributed by atoms with Crippen LogP contribution >= 0.6 is 27.3 Å². The quantitative estimate of drug-likeness (QED) is 0.613. The lowest BCUT2D eigenvalue weighted by atomic mass is 10.0. The Morgan fingerprint density at radius 3 is 2.78 bits per heavy atom. The highest BCUT2D eigenvalue weighted by molar-refractivity contribution is 9.10. The SMILES string of the molecule is O=C(Nc1ccc2c(c1)N(S(=O)(=O)c1cccs1)CCC2)c1ccc(Br)o1. The monoisotopic (exact) mass is 466 g/mol. The number of anilines is 2. The van der Waals surface area contributed by atoms with E-state index in [-0.39, 0.29) is 5.76 Å². The molecule has 1 aromatic carbocycles. The fourth-order valence-corrected chi connectivity index (χ4v) is 5.96. The maximum atomic E-state index is 13.0. The van der Waals surface area contributed by atoms with Crippen LogP contribution in [0, 0.1) is 0 Å². The van der Waals surface area contributed by atoms with Crippen molar-refractivity contribution < 1.29 is 17.6 Å². The molecule has 1 N–H and O–H groups in total. The molecule has 0 aliphatic carbocycles. The van der Waals surface area contributed by atoms with Crippen molar-refractivity contribution >= 4 is 54.6 Å². The molecule has 0 saturated carbocycles. The summed E-state index contributed by atoms with van der Waals surface area (Å²) in [5.74, 6) is -0.230. The second-order valence-corrected chi connectivity index (χ2v) is 9.83. The Morgan fingerprint density at radius 2 is 2.07 bits per heavy atom. The second kappa shape index (κ2) is 7.14. The van der Waals surface area contributed by atoms with Gasteiger partial charge in [-0.05, 0) is 70.0 Å². The number of hydrogen-bond acceptors (Lipinski definition) is 5. The number of sulfonamides is 1. The largest absolute Gasteiger partial charge is 0.444 e. The van der Waals surface area contributed by atoms with Crippen molar-refractivity contribution in [3.8, 4) is 0 Å². The Hall–Kier alpha value is -2.10. The summed E-state index contributed by atoms with van der Waals surface area (Å²) in [5.41, 5.74) is 2.06. The molecule has 0 fully saturated rings. The molecule has 9 heteroatoms. The minimum atomic E-state index is -3.61. The molecule has 2 aromatic heterocycles. The summed E-state index contributed by atoms with van der Waals surface area (Å²) in [6, 6.07) is 11.9. The van der Waals surface area contributed by atoms with Crippen molar-refractivity contribution in [2.24, 2.45) is 0 Å². The molecular formula is C18H15BrN2O4S2. The predicted molar refractivity (Wildman–Crippen MR) is 108 cm³/mol. The number of carbonyl (C=O) groups excluding carboxylic acids is 1. The summed E-state index contributed by atoms with van der Waals surface area (Å²) in [7, 11) is -3.61. The molecule has 0 bridgehead atoms. The zero-order valence-electron chi connectivity index (χ0n) is 14.0. The summed E-state index contributed by atoms with van der Waals surface area (Å²) in [4.78, 5) is 12.3. The van der Waals surface area contributed by atoms with Crippen molar-refractivity contribution in [3.05, 3.63) is 63.8 Å². The van der Waals surface area contributed by atoms with Gasteiger partial charge in [-0.1, -0.05) is 12.1 Å². The van der Waals surface area contributed by atoms with Gasteiger partial charge in [0.05, 0.1) is 5.69 Å². The first-order valence-electron chi connectivity index (χ1n) is 8.21. The Kier molecular flexibility index (Phi) is 4.83. The first-order valence-corrected chi connectivity index (χ1v) is 11.3. The van der Waals surface area contributed by atoms with Crippen LogP contribution in [0.1, 0.15) is 22.5 Å². The number of hydrogen-bond donors (Lipinski definition) is 1. The van der Waals surface area contributed by atoms with E-state index in [1.165, 1.54) is 15.6 Å². The summed E-state index contributed by atoms with van der Waals surface area (Å²) in [5, 5.41) is 4.50. The van der Waals surface area contributed by atoms with Gasteiger partial charge < -0.3 is 9.73 Å². The number of benzene rings is 1. The van der Waals surface area contributed by atoms with Gasteiger partial charge in [-0.15, -0.1) is 11.3 Å². The highest BCUT2D eigenvalue weighted by atomic mass is 79.9. The third-order valence-corrected chi connectivity index (χ3v) is 7.87. The highest BCUT2D eigenvalue weighted by Crippen LogP contribution is 2.35. The van der Waals surface area contributed by atoms with E-state index in [1.807, 2.05) is 6.07 Å². The van der Waals surface area contributed by atoms with Crippen molar-refractivity contribution in [1.29, 1.82) is 0 Å². The van der Waals surface area contributed by atoms with Gasteiger partial charge in [-0.3, -0.25) is 9.10 Å². The number of thiophene rings is 1. The number of nitrogens with zero attached hydrogens (tertiary/aromatic N) is 1. The topological polar surface area (TPSA) is 79.6 Å². The molecule has 0 radical (unpaired) electrons. The van der Waals surface area contributed by atoms with Crippen LogP contribution in [0.2, 0.25) is 0 Å². The Labute approximate surface area is 169 Å². The van der Waals surface area contributed by atoms with Crippen LogP contribution in [0.4, 0.5) is 11.4 Å².